The number of benzene rings is 1. The van der Waals surface area contributed by atoms with Crippen molar-refractivity contribution in [2.45, 2.75) is 47.3 Å². The number of aromatic nitrogens is 1. The molecule has 0 saturated carbocycles. The molecule has 1 aliphatic heterocycles. The Balaban J connectivity index is 1.88. The third kappa shape index (κ3) is 4.82. The number of hydrogen-bond donors (Lipinski definition) is 1. The van der Waals surface area contributed by atoms with Crippen molar-refractivity contribution in [1.82, 2.24) is 9.88 Å². The van der Waals surface area contributed by atoms with Crippen LogP contribution in [0, 0.1) is 12.8 Å². The highest BCUT2D eigenvalue weighted by Crippen LogP contribution is 2.28. The molecule has 0 spiro atoms. The summed E-state index contributed by atoms with van der Waals surface area (Å²) in [4.78, 5) is 67.5. The lowest BCUT2D eigenvalue weighted by atomic mass is 10.0. The van der Waals surface area contributed by atoms with Gasteiger partial charge in [0.05, 0.1) is 35.6 Å². The first kappa shape index (κ1) is 25.7. The van der Waals surface area contributed by atoms with Gasteiger partial charge < -0.3 is 19.2 Å². The molecule has 1 aliphatic rings. The Morgan fingerprint density at radius 2 is 1.46 bits per heavy atom. The molecule has 10 heteroatoms. The smallest absolute Gasteiger partial charge is 0.355 e. The van der Waals surface area contributed by atoms with Gasteiger partial charge in [-0.25, -0.2) is 14.4 Å². The number of imide groups is 1. The molecule has 0 bridgehead atoms. The fourth-order valence-electron chi connectivity index (χ4n) is 4.02. The number of amides is 2. The summed E-state index contributed by atoms with van der Waals surface area (Å²) in [6.45, 7) is 8.04. The van der Waals surface area contributed by atoms with E-state index in [1.54, 1.807) is 46.8 Å². The van der Waals surface area contributed by atoms with E-state index in [1.165, 1.54) is 12.1 Å². The average molecular weight is 485 g/mol. The minimum absolute atomic E-state index is 0.0432. The van der Waals surface area contributed by atoms with Crippen molar-refractivity contribution in [2.24, 2.45) is 5.92 Å². The van der Waals surface area contributed by atoms with Gasteiger partial charge in [0.2, 0.25) is 0 Å². The molecule has 2 amide bonds. The van der Waals surface area contributed by atoms with Crippen LogP contribution in [0.15, 0.2) is 24.3 Å². The lowest BCUT2D eigenvalue weighted by Gasteiger charge is -2.27. The van der Waals surface area contributed by atoms with Gasteiger partial charge in [0.25, 0.3) is 11.8 Å². The quantitative estimate of drug-likeness (QED) is 0.326. The number of carbonyl (C=O) groups is 5. The Morgan fingerprint density at radius 1 is 0.914 bits per heavy atom. The van der Waals surface area contributed by atoms with E-state index in [-0.39, 0.29) is 41.3 Å². The summed E-state index contributed by atoms with van der Waals surface area (Å²) in [6.07, 6.45) is 0. The maximum Gasteiger partial charge on any atom is 0.355 e. The van der Waals surface area contributed by atoms with E-state index in [4.69, 9.17) is 14.2 Å². The number of ether oxygens (including phenoxy) is 3. The fourth-order valence-corrected chi connectivity index (χ4v) is 4.02. The largest absolute Gasteiger partial charge is 0.462 e. The van der Waals surface area contributed by atoms with Crippen LogP contribution >= 0.6 is 0 Å². The summed E-state index contributed by atoms with van der Waals surface area (Å²) in [5, 5.41) is 0. The van der Waals surface area contributed by atoms with Crippen LogP contribution in [-0.4, -0.2) is 58.9 Å². The Hall–Kier alpha value is -3.95. The highest BCUT2D eigenvalue weighted by atomic mass is 16.5. The summed E-state index contributed by atoms with van der Waals surface area (Å²) in [6, 6.07) is 5.16. The number of H-pyrrole nitrogens is 1. The van der Waals surface area contributed by atoms with Gasteiger partial charge in [-0.1, -0.05) is 26.0 Å². The molecule has 2 aromatic rings. The zero-order chi connectivity index (χ0) is 25.9. The minimum Gasteiger partial charge on any atom is -0.462 e. The van der Waals surface area contributed by atoms with Crippen molar-refractivity contribution in [2.75, 3.05) is 13.2 Å². The number of aromatic amines is 1. The van der Waals surface area contributed by atoms with E-state index in [0.29, 0.717) is 5.56 Å². The van der Waals surface area contributed by atoms with Crippen LogP contribution in [0.3, 0.4) is 0 Å². The Bertz CT molecular complexity index is 1150. The number of fused-ring (bicyclic) bond motifs is 1. The van der Waals surface area contributed by atoms with Gasteiger partial charge in [0.15, 0.2) is 0 Å². The molecule has 1 unspecified atom stereocenters. The molecule has 1 aromatic carbocycles. The van der Waals surface area contributed by atoms with E-state index in [2.05, 4.69) is 4.98 Å². The zero-order valence-corrected chi connectivity index (χ0v) is 20.3. The van der Waals surface area contributed by atoms with E-state index >= 15 is 0 Å². The monoisotopic (exact) mass is 484 g/mol. The number of nitrogens with one attached hydrogen (secondary N) is 1. The SMILES string of the molecule is CCOC(=O)c1[nH]c(COC(=O)C(C(C)C)N2C(=O)c3ccccc3C2=O)c(C(=O)OCC)c1C. The maximum absolute atomic E-state index is 13.1. The first-order valence-electron chi connectivity index (χ1n) is 11.3. The molecule has 0 saturated heterocycles. The minimum atomic E-state index is -1.19. The molecule has 0 radical (unpaired) electrons. The van der Waals surface area contributed by atoms with Crippen LogP contribution < -0.4 is 0 Å². The second-order valence-corrected chi connectivity index (χ2v) is 8.24. The summed E-state index contributed by atoms with van der Waals surface area (Å²) in [5.74, 6) is -3.78. The lowest BCUT2D eigenvalue weighted by molar-refractivity contribution is -0.151. The van der Waals surface area contributed by atoms with Crippen LogP contribution in [0.1, 0.15) is 80.5 Å². The predicted octanol–water partition coefficient (Wildman–Crippen LogP) is 3.04. The van der Waals surface area contributed by atoms with Crippen molar-refractivity contribution >= 4 is 29.7 Å². The molecule has 1 atom stereocenters. The third-order valence-electron chi connectivity index (χ3n) is 5.62. The van der Waals surface area contributed by atoms with Crippen LogP contribution in [0.25, 0.3) is 0 Å². The van der Waals surface area contributed by atoms with Crippen LogP contribution in [0.2, 0.25) is 0 Å². The van der Waals surface area contributed by atoms with Crippen molar-refractivity contribution < 1.29 is 38.2 Å². The van der Waals surface area contributed by atoms with E-state index in [1.807, 2.05) is 0 Å². The highest BCUT2D eigenvalue weighted by Gasteiger charge is 2.44. The number of hydrogen-bond acceptors (Lipinski definition) is 8. The molecule has 3 rings (SSSR count). The van der Waals surface area contributed by atoms with Gasteiger partial charge in [-0.05, 0) is 44.4 Å². The average Bonchev–Trinajstić information content (AvgIpc) is 3.27. The van der Waals surface area contributed by atoms with Crippen LogP contribution in [0.4, 0.5) is 0 Å². The number of esters is 3. The molecular formula is C25H28N2O8. The van der Waals surface area contributed by atoms with Gasteiger partial charge in [-0.3, -0.25) is 14.5 Å². The second-order valence-electron chi connectivity index (χ2n) is 8.24. The zero-order valence-electron chi connectivity index (χ0n) is 20.3. The normalized spacial score (nSPS) is 13.6. The van der Waals surface area contributed by atoms with Crippen molar-refractivity contribution in [3.63, 3.8) is 0 Å². The molecule has 0 aliphatic carbocycles. The van der Waals surface area contributed by atoms with Gasteiger partial charge in [0, 0.05) is 0 Å². The Labute approximate surface area is 202 Å². The first-order valence-corrected chi connectivity index (χ1v) is 11.3. The van der Waals surface area contributed by atoms with Gasteiger partial charge in [0.1, 0.15) is 18.3 Å². The molecule has 2 heterocycles. The Morgan fingerprint density at radius 3 is 1.97 bits per heavy atom. The van der Waals surface area contributed by atoms with Crippen molar-refractivity contribution in [1.29, 1.82) is 0 Å². The standard InChI is InChI=1S/C25H28N2O8/c1-6-33-23(30)18-14(5)19(24(31)34-7-2)26-17(18)12-35-25(32)20(13(3)4)27-21(28)15-10-8-9-11-16(15)22(27)29/h8-11,13,20,26H,6-7,12H2,1-5H3. The summed E-state index contributed by atoms with van der Waals surface area (Å²) < 4.78 is 15.6. The molecule has 1 aromatic heterocycles. The van der Waals surface area contributed by atoms with Gasteiger partial charge in [-0.15, -0.1) is 0 Å². The van der Waals surface area contributed by atoms with Crippen molar-refractivity contribution in [3.05, 3.63) is 57.9 Å². The van der Waals surface area contributed by atoms with Crippen LogP contribution in [0.5, 0.6) is 0 Å². The number of rotatable bonds is 9. The lowest BCUT2D eigenvalue weighted by Crippen LogP contribution is -2.48. The van der Waals surface area contributed by atoms with E-state index in [9.17, 15) is 24.0 Å². The molecule has 35 heavy (non-hydrogen) atoms. The third-order valence-corrected chi connectivity index (χ3v) is 5.62. The number of nitrogens with zero attached hydrogens (tertiary/aromatic N) is 1. The van der Waals surface area contributed by atoms with Gasteiger partial charge >= 0.3 is 17.9 Å². The van der Waals surface area contributed by atoms with E-state index < -0.39 is 48.3 Å². The first-order chi connectivity index (χ1) is 16.6. The molecule has 0 fully saturated rings. The summed E-state index contributed by atoms with van der Waals surface area (Å²) >= 11 is 0. The molecule has 186 valence electrons. The summed E-state index contributed by atoms with van der Waals surface area (Å²) in [7, 11) is 0. The maximum atomic E-state index is 13.1. The molecule has 1 N–H and O–H groups in total. The summed E-state index contributed by atoms with van der Waals surface area (Å²) in [5.41, 5.74) is 0.987. The molecule has 10 nitrogen and oxygen atoms in total. The topological polar surface area (TPSA) is 132 Å². The van der Waals surface area contributed by atoms with E-state index in [0.717, 1.165) is 4.90 Å². The Kier molecular flexibility index (Phi) is 7.73. The fraction of sp³-hybridized carbons (Fsp3) is 0.400. The highest BCUT2D eigenvalue weighted by molar-refractivity contribution is 6.22. The van der Waals surface area contributed by atoms with Crippen molar-refractivity contribution in [3.8, 4) is 0 Å². The van der Waals surface area contributed by atoms with Gasteiger partial charge in [-0.2, -0.15) is 0 Å². The second kappa shape index (κ2) is 10.5. The van der Waals surface area contributed by atoms with Crippen LogP contribution in [-0.2, 0) is 25.6 Å². The number of carbonyl (C=O) groups excluding carboxylic acids is 5. The molecular weight excluding hydrogens is 456 g/mol. The predicted molar refractivity (Wildman–Crippen MR) is 123 cm³/mol.